The summed E-state index contributed by atoms with van der Waals surface area (Å²) in [5.41, 5.74) is 0.762. The third kappa shape index (κ3) is 3.24. The highest BCUT2D eigenvalue weighted by Gasteiger charge is 2.41. The molecule has 0 aromatic rings. The number of alkyl halides is 1. The number of allylic oxidation sites excluding steroid dienone is 3. The van der Waals surface area contributed by atoms with Crippen LogP contribution in [0.5, 0.6) is 0 Å². The Morgan fingerprint density at radius 3 is 2.80 bits per heavy atom. The van der Waals surface area contributed by atoms with E-state index in [1.165, 1.54) is 0 Å². The molecule has 2 nitrogen and oxygen atoms in total. The van der Waals surface area contributed by atoms with Crippen molar-refractivity contribution in [1.82, 2.24) is 5.32 Å². The van der Waals surface area contributed by atoms with Crippen molar-refractivity contribution in [1.29, 1.82) is 5.26 Å². The Morgan fingerprint density at radius 2 is 2.20 bits per heavy atom. The molecule has 0 saturated carbocycles. The van der Waals surface area contributed by atoms with Gasteiger partial charge in [0.1, 0.15) is 5.83 Å². The zero-order chi connectivity index (χ0) is 14.9. The summed E-state index contributed by atoms with van der Waals surface area (Å²) in [6.07, 6.45) is 5.15. The quantitative estimate of drug-likeness (QED) is 0.784. The Bertz CT molecular complexity index is 470. The Kier molecular flexibility index (Phi) is 4.56. The molecule has 0 aromatic heterocycles. The number of hydrogen-bond acceptors (Lipinski definition) is 2. The normalized spacial score (nSPS) is 34.4. The average molecular weight is 297 g/mol. The van der Waals surface area contributed by atoms with E-state index in [0.29, 0.717) is 18.5 Å². The number of rotatable bonds is 2. The van der Waals surface area contributed by atoms with E-state index in [4.69, 9.17) is 11.6 Å². The Morgan fingerprint density at radius 1 is 1.50 bits per heavy atom. The predicted molar refractivity (Wildman–Crippen MR) is 80.0 cm³/mol. The summed E-state index contributed by atoms with van der Waals surface area (Å²) in [5.74, 6) is -0.538. The van der Waals surface area contributed by atoms with Gasteiger partial charge in [0.15, 0.2) is 0 Å². The molecule has 1 fully saturated rings. The van der Waals surface area contributed by atoms with Crippen LogP contribution < -0.4 is 5.32 Å². The van der Waals surface area contributed by atoms with Crippen LogP contribution in [0.25, 0.3) is 0 Å². The zero-order valence-corrected chi connectivity index (χ0v) is 13.0. The van der Waals surface area contributed by atoms with E-state index in [0.717, 1.165) is 6.42 Å². The number of nitrogens with one attached hydrogen (secondary N) is 1. The third-order valence-corrected chi connectivity index (χ3v) is 4.41. The Hall–Kier alpha value is -0.850. The van der Waals surface area contributed by atoms with Gasteiger partial charge in [0, 0.05) is 18.5 Å². The van der Waals surface area contributed by atoms with Crippen molar-refractivity contribution in [2.45, 2.75) is 45.0 Å². The first-order valence-corrected chi connectivity index (χ1v) is 7.60. The maximum atomic E-state index is 14.2. The van der Waals surface area contributed by atoms with Crippen LogP contribution in [0.4, 0.5) is 4.39 Å². The minimum atomic E-state index is -0.573. The van der Waals surface area contributed by atoms with E-state index in [2.05, 4.69) is 32.2 Å². The van der Waals surface area contributed by atoms with Crippen LogP contribution in [-0.4, -0.2) is 18.0 Å². The molecule has 1 aliphatic heterocycles. The summed E-state index contributed by atoms with van der Waals surface area (Å²) in [6, 6.07) is 2.50. The monoisotopic (exact) mass is 296 g/mol. The lowest BCUT2D eigenvalue weighted by Crippen LogP contribution is -2.31. The summed E-state index contributed by atoms with van der Waals surface area (Å²) in [7, 11) is 0. The van der Waals surface area contributed by atoms with Gasteiger partial charge in [-0.15, -0.1) is 11.6 Å². The molecule has 110 valence electrons. The minimum absolute atomic E-state index is 0.0925. The Labute approximate surface area is 125 Å². The number of nitriles is 1. The van der Waals surface area contributed by atoms with Gasteiger partial charge < -0.3 is 5.32 Å². The first-order valence-electron chi connectivity index (χ1n) is 7.16. The van der Waals surface area contributed by atoms with E-state index >= 15 is 0 Å². The highest BCUT2D eigenvalue weighted by molar-refractivity contribution is 6.22. The fraction of sp³-hybridized carbons (Fsp3) is 0.688. The van der Waals surface area contributed by atoms with Crippen molar-refractivity contribution in [2.75, 3.05) is 6.54 Å². The van der Waals surface area contributed by atoms with Gasteiger partial charge in [0.25, 0.3) is 0 Å². The highest BCUT2D eigenvalue weighted by atomic mass is 35.5. The van der Waals surface area contributed by atoms with Gasteiger partial charge in [0.2, 0.25) is 0 Å². The average Bonchev–Trinajstić information content (AvgIpc) is 2.73. The summed E-state index contributed by atoms with van der Waals surface area (Å²) >= 11 is 5.99. The molecule has 1 heterocycles. The van der Waals surface area contributed by atoms with Crippen LogP contribution in [-0.2, 0) is 0 Å². The molecule has 20 heavy (non-hydrogen) atoms. The third-order valence-electron chi connectivity index (χ3n) is 4.04. The molecule has 2 rings (SSSR count). The maximum Gasteiger partial charge on any atom is 0.122 e. The topological polar surface area (TPSA) is 35.8 Å². The summed E-state index contributed by atoms with van der Waals surface area (Å²) in [4.78, 5) is 0. The van der Waals surface area contributed by atoms with Gasteiger partial charge in [0.05, 0.1) is 17.4 Å². The highest BCUT2D eigenvalue weighted by Crippen LogP contribution is 2.39. The number of hydrogen-bond donors (Lipinski definition) is 1. The summed E-state index contributed by atoms with van der Waals surface area (Å²) in [6.45, 7) is 7.12. The standard InChI is InChI=1S/C16H22ClFN2/c1-16(2,3)7-14-11(8-19)12(9-20-14)10-5-4-6-13(17)15(10)18/h4-5,11-14,20H,6-7,9H2,1-3H3. The van der Waals surface area contributed by atoms with Gasteiger partial charge in [-0.1, -0.05) is 32.9 Å². The lowest BCUT2D eigenvalue weighted by atomic mass is 9.78. The molecule has 0 aromatic carbocycles. The molecule has 1 aliphatic carbocycles. The Balaban J connectivity index is 2.21. The second kappa shape index (κ2) is 5.87. The van der Waals surface area contributed by atoms with E-state index in [-0.39, 0.29) is 29.1 Å². The van der Waals surface area contributed by atoms with Crippen molar-refractivity contribution >= 4 is 11.6 Å². The van der Waals surface area contributed by atoms with Crippen molar-refractivity contribution < 1.29 is 4.39 Å². The van der Waals surface area contributed by atoms with Crippen molar-refractivity contribution in [3.05, 3.63) is 23.6 Å². The van der Waals surface area contributed by atoms with E-state index in [9.17, 15) is 9.65 Å². The van der Waals surface area contributed by atoms with Gasteiger partial charge in [-0.2, -0.15) is 5.26 Å². The molecule has 4 unspecified atom stereocenters. The maximum absolute atomic E-state index is 14.2. The van der Waals surface area contributed by atoms with Crippen molar-refractivity contribution in [2.24, 2.45) is 17.3 Å². The van der Waals surface area contributed by atoms with E-state index in [1.807, 2.05) is 12.2 Å². The first-order chi connectivity index (χ1) is 9.33. The molecular formula is C16H22ClFN2. The van der Waals surface area contributed by atoms with Gasteiger partial charge in [-0.05, 0) is 23.8 Å². The molecule has 4 heteroatoms. The largest absolute Gasteiger partial charge is 0.312 e. The molecule has 1 N–H and O–H groups in total. The van der Waals surface area contributed by atoms with Crippen LogP contribution in [0.2, 0.25) is 0 Å². The molecule has 0 amide bonds. The number of nitrogens with zero attached hydrogens (tertiary/aromatic N) is 1. The smallest absolute Gasteiger partial charge is 0.122 e. The fourth-order valence-electron chi connectivity index (χ4n) is 3.13. The zero-order valence-electron chi connectivity index (χ0n) is 12.3. The van der Waals surface area contributed by atoms with Crippen LogP contribution in [0.3, 0.4) is 0 Å². The van der Waals surface area contributed by atoms with E-state index in [1.54, 1.807) is 0 Å². The molecule has 0 spiro atoms. The molecule has 0 bridgehead atoms. The van der Waals surface area contributed by atoms with Crippen molar-refractivity contribution in [3.63, 3.8) is 0 Å². The van der Waals surface area contributed by atoms with Gasteiger partial charge >= 0.3 is 0 Å². The van der Waals surface area contributed by atoms with Crippen LogP contribution in [0.1, 0.15) is 33.6 Å². The second-order valence-corrected chi connectivity index (χ2v) is 7.48. The van der Waals surface area contributed by atoms with E-state index < -0.39 is 5.38 Å². The molecule has 0 radical (unpaired) electrons. The van der Waals surface area contributed by atoms with Gasteiger partial charge in [-0.3, -0.25) is 0 Å². The van der Waals surface area contributed by atoms with Crippen LogP contribution in [0.15, 0.2) is 23.6 Å². The van der Waals surface area contributed by atoms with Crippen molar-refractivity contribution in [3.8, 4) is 6.07 Å². The first kappa shape index (κ1) is 15.5. The van der Waals surface area contributed by atoms with Gasteiger partial charge in [-0.25, -0.2) is 4.39 Å². The molecule has 2 aliphatic rings. The fourth-order valence-corrected chi connectivity index (χ4v) is 3.36. The second-order valence-electron chi connectivity index (χ2n) is 6.95. The minimum Gasteiger partial charge on any atom is -0.312 e. The molecular weight excluding hydrogens is 275 g/mol. The SMILES string of the molecule is CC(C)(C)CC1NCC(C2=C(F)C(Cl)CC=C2)C1C#N. The predicted octanol–water partition coefficient (Wildman–Crippen LogP) is 3.94. The summed E-state index contributed by atoms with van der Waals surface area (Å²) in [5, 5.41) is 12.3. The lowest BCUT2D eigenvalue weighted by molar-refractivity contribution is 0.301. The lowest BCUT2D eigenvalue weighted by Gasteiger charge is -2.26. The molecule has 1 saturated heterocycles. The number of halogens is 2. The molecule has 4 atom stereocenters. The van der Waals surface area contributed by atoms with Crippen LogP contribution in [0, 0.1) is 28.6 Å². The summed E-state index contributed by atoms with van der Waals surface area (Å²) < 4.78 is 14.2. The van der Waals surface area contributed by atoms with Crippen LogP contribution >= 0.6 is 11.6 Å².